The van der Waals surface area contributed by atoms with Crippen LogP contribution in [0.5, 0.6) is 0 Å². The molecule has 0 spiro atoms. The Labute approximate surface area is 115 Å². The average Bonchev–Trinajstić information content (AvgIpc) is 3.00. The van der Waals surface area contributed by atoms with Crippen LogP contribution in [0.4, 0.5) is 0 Å². The molecule has 0 aliphatic heterocycles. The molecule has 1 heterocycles. The maximum absolute atomic E-state index is 6.22. The highest BCUT2D eigenvalue weighted by Gasteiger charge is 2.43. The third kappa shape index (κ3) is 2.31. The van der Waals surface area contributed by atoms with Gasteiger partial charge in [0.2, 0.25) is 5.89 Å². The van der Waals surface area contributed by atoms with Crippen molar-refractivity contribution in [1.82, 2.24) is 10.1 Å². The third-order valence-corrected chi connectivity index (χ3v) is 5.34. The van der Waals surface area contributed by atoms with Gasteiger partial charge in [-0.05, 0) is 38.5 Å². The number of hydrogen-bond donors (Lipinski definition) is 1. The minimum Gasteiger partial charge on any atom is -0.339 e. The monoisotopic (exact) mass is 263 g/mol. The Morgan fingerprint density at radius 1 is 1.21 bits per heavy atom. The van der Waals surface area contributed by atoms with Gasteiger partial charge in [0, 0.05) is 12.0 Å². The molecule has 106 valence electrons. The van der Waals surface area contributed by atoms with Crippen LogP contribution in [0.3, 0.4) is 0 Å². The highest BCUT2D eigenvalue weighted by molar-refractivity contribution is 5.13. The quantitative estimate of drug-likeness (QED) is 0.890. The Bertz CT molecular complexity index is 436. The second-order valence-corrected chi connectivity index (χ2v) is 6.83. The molecule has 0 saturated heterocycles. The van der Waals surface area contributed by atoms with Crippen LogP contribution in [0, 0.1) is 5.92 Å². The average molecular weight is 263 g/mol. The molecule has 2 fully saturated rings. The lowest BCUT2D eigenvalue weighted by Gasteiger charge is -2.25. The van der Waals surface area contributed by atoms with Crippen LogP contribution < -0.4 is 5.73 Å². The van der Waals surface area contributed by atoms with E-state index in [-0.39, 0.29) is 11.5 Å². The first-order valence-corrected chi connectivity index (χ1v) is 7.69. The predicted molar refractivity (Wildman–Crippen MR) is 73.8 cm³/mol. The highest BCUT2D eigenvalue weighted by Crippen LogP contribution is 2.40. The molecule has 4 nitrogen and oxygen atoms in total. The summed E-state index contributed by atoms with van der Waals surface area (Å²) in [4.78, 5) is 4.71. The van der Waals surface area contributed by atoms with E-state index >= 15 is 0 Å². The maximum Gasteiger partial charge on any atom is 0.234 e. The van der Waals surface area contributed by atoms with E-state index in [0.717, 1.165) is 36.9 Å². The van der Waals surface area contributed by atoms with Gasteiger partial charge in [-0.2, -0.15) is 4.98 Å². The van der Waals surface area contributed by atoms with E-state index in [4.69, 9.17) is 15.2 Å². The zero-order valence-electron chi connectivity index (χ0n) is 12.1. The second kappa shape index (κ2) is 4.89. The van der Waals surface area contributed by atoms with Gasteiger partial charge in [0.15, 0.2) is 5.82 Å². The Balaban J connectivity index is 1.76. The van der Waals surface area contributed by atoms with Gasteiger partial charge in [0.25, 0.3) is 0 Å². The summed E-state index contributed by atoms with van der Waals surface area (Å²) in [6.07, 6.45) is 8.26. The van der Waals surface area contributed by atoms with Crippen molar-refractivity contribution < 1.29 is 4.52 Å². The summed E-state index contributed by atoms with van der Waals surface area (Å²) in [7, 11) is 0. The summed E-state index contributed by atoms with van der Waals surface area (Å²) in [6, 6.07) is 0.159. The lowest BCUT2D eigenvalue weighted by molar-refractivity contribution is 0.273. The van der Waals surface area contributed by atoms with Crippen molar-refractivity contribution in [3.05, 3.63) is 11.7 Å². The molecule has 0 bridgehead atoms. The van der Waals surface area contributed by atoms with Crippen molar-refractivity contribution in [2.24, 2.45) is 11.7 Å². The minimum absolute atomic E-state index is 0.104. The first-order chi connectivity index (χ1) is 9.09. The SMILES string of the molecule is CC1CCC(c2noc(C3(C)CCCC3N)n2)CC1. The van der Waals surface area contributed by atoms with Gasteiger partial charge < -0.3 is 10.3 Å². The summed E-state index contributed by atoms with van der Waals surface area (Å²) in [5.41, 5.74) is 6.12. The van der Waals surface area contributed by atoms with Crippen molar-refractivity contribution in [2.75, 3.05) is 0 Å². The molecular weight excluding hydrogens is 238 g/mol. The van der Waals surface area contributed by atoms with Crippen LogP contribution in [0.1, 0.15) is 76.4 Å². The third-order valence-electron chi connectivity index (χ3n) is 5.34. The van der Waals surface area contributed by atoms with Gasteiger partial charge in [0.1, 0.15) is 0 Å². The molecule has 1 aromatic rings. The normalized spacial score (nSPS) is 39.6. The Morgan fingerprint density at radius 3 is 2.58 bits per heavy atom. The van der Waals surface area contributed by atoms with Crippen LogP contribution in [-0.4, -0.2) is 16.2 Å². The zero-order valence-corrected chi connectivity index (χ0v) is 12.1. The van der Waals surface area contributed by atoms with E-state index in [2.05, 4.69) is 19.0 Å². The van der Waals surface area contributed by atoms with Crippen molar-refractivity contribution in [3.63, 3.8) is 0 Å². The number of hydrogen-bond acceptors (Lipinski definition) is 4. The molecular formula is C15H25N3O. The van der Waals surface area contributed by atoms with Gasteiger partial charge in [-0.3, -0.25) is 0 Å². The molecule has 3 rings (SSSR count). The van der Waals surface area contributed by atoms with Crippen LogP contribution in [0.15, 0.2) is 4.52 Å². The first-order valence-electron chi connectivity index (χ1n) is 7.69. The van der Waals surface area contributed by atoms with Crippen molar-refractivity contribution >= 4 is 0 Å². The van der Waals surface area contributed by atoms with E-state index < -0.39 is 0 Å². The van der Waals surface area contributed by atoms with E-state index in [1.807, 2.05) is 0 Å². The van der Waals surface area contributed by atoms with Crippen molar-refractivity contribution in [3.8, 4) is 0 Å². The molecule has 4 heteroatoms. The number of nitrogens with two attached hydrogens (primary N) is 1. The molecule has 2 N–H and O–H groups in total. The summed E-state index contributed by atoms with van der Waals surface area (Å²) in [5.74, 6) is 3.03. The first kappa shape index (κ1) is 13.1. The minimum atomic E-state index is -0.104. The Morgan fingerprint density at radius 2 is 1.95 bits per heavy atom. The fraction of sp³-hybridized carbons (Fsp3) is 0.867. The Kier molecular flexibility index (Phi) is 3.37. The largest absolute Gasteiger partial charge is 0.339 e. The molecule has 2 aliphatic rings. The maximum atomic E-state index is 6.22. The molecule has 2 atom stereocenters. The van der Waals surface area contributed by atoms with E-state index in [0.29, 0.717) is 5.92 Å². The second-order valence-electron chi connectivity index (χ2n) is 6.83. The number of aromatic nitrogens is 2. The van der Waals surface area contributed by atoms with Gasteiger partial charge in [-0.15, -0.1) is 0 Å². The highest BCUT2D eigenvalue weighted by atomic mass is 16.5. The van der Waals surface area contributed by atoms with Crippen LogP contribution in [-0.2, 0) is 5.41 Å². The lowest BCUT2D eigenvalue weighted by atomic mass is 9.82. The topological polar surface area (TPSA) is 64.9 Å². The van der Waals surface area contributed by atoms with Crippen LogP contribution in [0.25, 0.3) is 0 Å². The van der Waals surface area contributed by atoms with Crippen molar-refractivity contribution in [1.29, 1.82) is 0 Å². The predicted octanol–water partition coefficient (Wildman–Crippen LogP) is 3.13. The fourth-order valence-electron chi connectivity index (χ4n) is 3.61. The number of nitrogens with zero attached hydrogens (tertiary/aromatic N) is 2. The molecule has 19 heavy (non-hydrogen) atoms. The zero-order chi connectivity index (χ0) is 13.5. The summed E-state index contributed by atoms with van der Waals surface area (Å²) >= 11 is 0. The molecule has 0 aromatic carbocycles. The van der Waals surface area contributed by atoms with E-state index in [9.17, 15) is 0 Å². The van der Waals surface area contributed by atoms with Crippen LogP contribution in [0.2, 0.25) is 0 Å². The molecule has 2 saturated carbocycles. The van der Waals surface area contributed by atoms with Gasteiger partial charge in [-0.25, -0.2) is 0 Å². The standard InChI is InChI=1S/C15H25N3O/c1-10-5-7-11(8-6-10)13-17-14(19-18-13)15(2)9-3-4-12(15)16/h10-12H,3-9,16H2,1-2H3. The molecule has 0 radical (unpaired) electrons. The summed E-state index contributed by atoms with van der Waals surface area (Å²) in [6.45, 7) is 4.50. The van der Waals surface area contributed by atoms with Gasteiger partial charge in [0.05, 0.1) is 5.41 Å². The fourth-order valence-corrected chi connectivity index (χ4v) is 3.61. The lowest BCUT2D eigenvalue weighted by Crippen LogP contribution is -2.38. The van der Waals surface area contributed by atoms with Crippen molar-refractivity contribution in [2.45, 2.75) is 76.2 Å². The summed E-state index contributed by atoms with van der Waals surface area (Å²) < 4.78 is 5.56. The smallest absolute Gasteiger partial charge is 0.234 e. The summed E-state index contributed by atoms with van der Waals surface area (Å²) in [5, 5.41) is 4.25. The molecule has 2 unspecified atom stereocenters. The van der Waals surface area contributed by atoms with Gasteiger partial charge in [-0.1, -0.05) is 31.3 Å². The van der Waals surface area contributed by atoms with Gasteiger partial charge >= 0.3 is 0 Å². The molecule has 2 aliphatic carbocycles. The van der Waals surface area contributed by atoms with E-state index in [1.54, 1.807) is 0 Å². The molecule has 1 aromatic heterocycles. The number of rotatable bonds is 2. The Hall–Kier alpha value is -0.900. The van der Waals surface area contributed by atoms with E-state index in [1.165, 1.54) is 25.7 Å². The van der Waals surface area contributed by atoms with Crippen LogP contribution >= 0.6 is 0 Å². The molecule has 0 amide bonds.